The molecule has 5 nitrogen and oxygen atoms in total. The molecule has 2 N–H and O–H groups in total. The molecule has 2 heterocycles. The topological polar surface area (TPSA) is 64.2 Å². The quantitative estimate of drug-likeness (QED) is 0.709. The maximum Gasteiger partial charge on any atom is 0.257 e. The third-order valence-corrected chi connectivity index (χ3v) is 5.33. The molecule has 0 spiro atoms. The zero-order valence-corrected chi connectivity index (χ0v) is 17.4. The summed E-state index contributed by atoms with van der Waals surface area (Å²) in [4.78, 5) is 15.2. The van der Waals surface area contributed by atoms with Gasteiger partial charge in [0, 0.05) is 30.9 Å². The van der Waals surface area contributed by atoms with E-state index < -0.39 is 0 Å². The van der Waals surface area contributed by atoms with Gasteiger partial charge < -0.3 is 10.6 Å². The molecule has 6 heteroatoms. The Morgan fingerprint density at radius 2 is 1.72 bits per heavy atom. The Morgan fingerprint density at radius 3 is 2.38 bits per heavy atom. The van der Waals surface area contributed by atoms with Gasteiger partial charge in [-0.2, -0.15) is 5.10 Å². The van der Waals surface area contributed by atoms with Gasteiger partial charge in [-0.3, -0.25) is 9.48 Å². The molecule has 29 heavy (non-hydrogen) atoms. The van der Waals surface area contributed by atoms with E-state index in [0.29, 0.717) is 25.2 Å². The molecule has 1 fully saturated rings. The van der Waals surface area contributed by atoms with Crippen LogP contribution in [0.2, 0.25) is 0 Å². The summed E-state index contributed by atoms with van der Waals surface area (Å²) in [6, 6.07) is 18.6. The van der Waals surface area contributed by atoms with Gasteiger partial charge in [0.15, 0.2) is 0 Å². The van der Waals surface area contributed by atoms with Gasteiger partial charge in [-0.1, -0.05) is 60.2 Å². The molecule has 0 radical (unpaired) electrons. The average Bonchev–Trinajstić information content (AvgIpc) is 3.13. The Balaban J connectivity index is 0.00000240. The largest absolute Gasteiger partial charge is 0.338 e. The molecule has 0 atom stereocenters. The molecule has 0 aliphatic carbocycles. The summed E-state index contributed by atoms with van der Waals surface area (Å²) in [5.74, 6) is 0.0433. The van der Waals surface area contributed by atoms with Crippen LogP contribution in [0.4, 0.5) is 0 Å². The van der Waals surface area contributed by atoms with Crippen molar-refractivity contribution < 1.29 is 4.79 Å². The van der Waals surface area contributed by atoms with Crippen molar-refractivity contribution in [3.8, 4) is 11.3 Å². The fourth-order valence-corrected chi connectivity index (χ4v) is 3.63. The van der Waals surface area contributed by atoms with E-state index in [1.165, 1.54) is 5.56 Å². The lowest BCUT2D eigenvalue weighted by atomic mass is 10.0. The summed E-state index contributed by atoms with van der Waals surface area (Å²) in [6.07, 6.45) is 3.59. The number of aromatic nitrogens is 2. The van der Waals surface area contributed by atoms with Crippen molar-refractivity contribution in [1.29, 1.82) is 0 Å². The molecule has 1 amide bonds. The highest BCUT2D eigenvalue weighted by atomic mass is 35.5. The van der Waals surface area contributed by atoms with Crippen LogP contribution in [0.25, 0.3) is 11.3 Å². The number of hydrogen-bond acceptors (Lipinski definition) is 3. The number of carbonyl (C=O) groups excluding carboxylic acids is 1. The van der Waals surface area contributed by atoms with Gasteiger partial charge in [-0.25, -0.2) is 0 Å². The minimum Gasteiger partial charge on any atom is -0.338 e. The first-order valence-electron chi connectivity index (χ1n) is 9.83. The van der Waals surface area contributed by atoms with Crippen molar-refractivity contribution >= 4 is 18.3 Å². The fourth-order valence-electron chi connectivity index (χ4n) is 3.63. The van der Waals surface area contributed by atoms with Crippen LogP contribution in [-0.4, -0.2) is 39.7 Å². The molecule has 0 unspecified atom stereocenters. The van der Waals surface area contributed by atoms with E-state index in [1.54, 1.807) is 0 Å². The maximum absolute atomic E-state index is 13.3. The molecule has 1 aliphatic heterocycles. The van der Waals surface area contributed by atoms with Crippen molar-refractivity contribution in [2.45, 2.75) is 32.4 Å². The third-order valence-electron chi connectivity index (χ3n) is 5.33. The summed E-state index contributed by atoms with van der Waals surface area (Å²) >= 11 is 0. The van der Waals surface area contributed by atoms with E-state index in [-0.39, 0.29) is 24.4 Å². The van der Waals surface area contributed by atoms with Gasteiger partial charge in [0.25, 0.3) is 5.91 Å². The van der Waals surface area contributed by atoms with Crippen LogP contribution in [0.1, 0.15) is 34.3 Å². The predicted molar refractivity (Wildman–Crippen MR) is 118 cm³/mol. The number of piperidine rings is 1. The second-order valence-electron chi connectivity index (χ2n) is 7.57. The van der Waals surface area contributed by atoms with E-state index in [9.17, 15) is 4.79 Å². The van der Waals surface area contributed by atoms with Crippen molar-refractivity contribution in [2.24, 2.45) is 5.73 Å². The first-order chi connectivity index (χ1) is 13.6. The predicted octanol–water partition coefficient (Wildman–Crippen LogP) is 3.89. The second kappa shape index (κ2) is 9.25. The zero-order chi connectivity index (χ0) is 19.5. The van der Waals surface area contributed by atoms with E-state index in [4.69, 9.17) is 10.8 Å². The van der Waals surface area contributed by atoms with Crippen molar-refractivity contribution in [2.75, 3.05) is 13.1 Å². The highest BCUT2D eigenvalue weighted by Gasteiger charge is 2.26. The number of nitrogens with two attached hydrogens (primary N) is 1. The molecule has 152 valence electrons. The molecular formula is C23H27ClN4O. The Labute approximate surface area is 177 Å². The van der Waals surface area contributed by atoms with Gasteiger partial charge in [0.1, 0.15) is 5.69 Å². The van der Waals surface area contributed by atoms with E-state index in [0.717, 1.165) is 29.7 Å². The number of amides is 1. The van der Waals surface area contributed by atoms with Crippen LogP contribution >= 0.6 is 12.4 Å². The third kappa shape index (κ3) is 4.86. The number of nitrogens with zero attached hydrogens (tertiary/aromatic N) is 3. The van der Waals surface area contributed by atoms with Gasteiger partial charge in [-0.15, -0.1) is 12.4 Å². The molecule has 1 saturated heterocycles. The van der Waals surface area contributed by atoms with Crippen LogP contribution in [0.5, 0.6) is 0 Å². The van der Waals surface area contributed by atoms with Gasteiger partial charge in [-0.05, 0) is 25.3 Å². The van der Waals surface area contributed by atoms with E-state index >= 15 is 0 Å². The van der Waals surface area contributed by atoms with Crippen molar-refractivity contribution in [1.82, 2.24) is 14.7 Å². The van der Waals surface area contributed by atoms with Crippen molar-refractivity contribution in [3.63, 3.8) is 0 Å². The van der Waals surface area contributed by atoms with Gasteiger partial charge in [0.05, 0.1) is 12.1 Å². The summed E-state index contributed by atoms with van der Waals surface area (Å²) in [5.41, 5.74) is 10.7. The highest BCUT2D eigenvalue weighted by molar-refractivity contribution is 5.99. The van der Waals surface area contributed by atoms with Crippen LogP contribution in [0, 0.1) is 6.92 Å². The number of benzene rings is 2. The molecule has 3 aromatic rings. The lowest BCUT2D eigenvalue weighted by Crippen LogP contribution is -2.42. The van der Waals surface area contributed by atoms with Crippen LogP contribution in [0.3, 0.4) is 0 Å². The van der Waals surface area contributed by atoms with Gasteiger partial charge in [0.2, 0.25) is 0 Å². The minimum atomic E-state index is 0. The Bertz CT molecular complexity index is 945. The maximum atomic E-state index is 13.3. The number of rotatable bonds is 4. The van der Waals surface area contributed by atoms with E-state index in [1.807, 2.05) is 46.1 Å². The molecule has 1 aromatic heterocycles. The molecule has 0 bridgehead atoms. The SMILES string of the molecule is Cc1ccc(-c2nn(Cc3ccccc3)cc2C(=O)N2CCC(N)CC2)cc1.Cl. The van der Waals surface area contributed by atoms with Crippen LogP contribution in [0.15, 0.2) is 60.8 Å². The minimum absolute atomic E-state index is 0. The average molecular weight is 411 g/mol. The summed E-state index contributed by atoms with van der Waals surface area (Å²) in [5, 5.41) is 4.78. The van der Waals surface area contributed by atoms with Crippen LogP contribution < -0.4 is 5.73 Å². The Hall–Kier alpha value is -2.63. The standard InChI is InChI=1S/C23H26N4O.ClH/c1-17-7-9-19(10-8-17)22-21(23(28)26-13-11-20(24)12-14-26)16-27(25-22)15-18-5-3-2-4-6-18;/h2-10,16,20H,11-15,24H2,1H3;1H. The fraction of sp³-hybridized carbons (Fsp3) is 0.304. The zero-order valence-electron chi connectivity index (χ0n) is 16.6. The lowest BCUT2D eigenvalue weighted by molar-refractivity contribution is 0.0715. The Morgan fingerprint density at radius 1 is 1.07 bits per heavy atom. The molecule has 0 saturated carbocycles. The van der Waals surface area contributed by atoms with Gasteiger partial charge >= 0.3 is 0 Å². The highest BCUT2D eigenvalue weighted by Crippen LogP contribution is 2.25. The smallest absolute Gasteiger partial charge is 0.257 e. The molecular weight excluding hydrogens is 384 g/mol. The number of carbonyl (C=O) groups is 1. The van der Waals surface area contributed by atoms with Crippen molar-refractivity contribution in [3.05, 3.63) is 77.5 Å². The molecule has 1 aliphatic rings. The summed E-state index contributed by atoms with van der Waals surface area (Å²) in [6.45, 7) is 4.10. The second-order valence-corrected chi connectivity index (χ2v) is 7.57. The van der Waals surface area contributed by atoms with Crippen LogP contribution in [-0.2, 0) is 6.54 Å². The van der Waals surface area contributed by atoms with E-state index in [2.05, 4.69) is 31.2 Å². The molecule has 2 aromatic carbocycles. The summed E-state index contributed by atoms with van der Waals surface area (Å²) < 4.78 is 1.87. The normalized spacial score (nSPS) is 14.5. The number of aryl methyl sites for hydroxylation is 1. The molecule has 4 rings (SSSR count). The Kier molecular flexibility index (Phi) is 6.72. The number of likely N-dealkylation sites (tertiary alicyclic amines) is 1. The lowest BCUT2D eigenvalue weighted by Gasteiger charge is -2.30. The number of hydrogen-bond donors (Lipinski definition) is 1. The monoisotopic (exact) mass is 410 g/mol. The number of halogens is 1. The first-order valence-corrected chi connectivity index (χ1v) is 9.83. The first kappa shape index (κ1) is 21.1. The summed E-state index contributed by atoms with van der Waals surface area (Å²) in [7, 11) is 0.